The minimum atomic E-state index is -3.29. The zero-order valence-corrected chi connectivity index (χ0v) is 11.5. The maximum absolute atomic E-state index is 11.3. The number of pyridine rings is 1. The molecule has 4 nitrogen and oxygen atoms in total. The second kappa shape index (κ2) is 4.57. The van der Waals surface area contributed by atoms with Crippen molar-refractivity contribution in [3.05, 3.63) is 36.0 Å². The Labute approximate surface area is 107 Å². The quantitative estimate of drug-likeness (QED) is 0.927. The summed E-state index contributed by atoms with van der Waals surface area (Å²) in [4.78, 5) is 4.36. The SMILES string of the molecule is CC(C)c1cnc2c(NS(C)(=O)=O)cccc2c1. The van der Waals surface area contributed by atoms with Crippen LogP contribution in [0.15, 0.2) is 30.5 Å². The molecule has 0 bridgehead atoms. The van der Waals surface area contributed by atoms with Gasteiger partial charge >= 0.3 is 0 Å². The van der Waals surface area contributed by atoms with Crippen LogP contribution in [-0.4, -0.2) is 19.7 Å². The summed E-state index contributed by atoms with van der Waals surface area (Å²) in [6.45, 7) is 4.20. The van der Waals surface area contributed by atoms with Crippen molar-refractivity contribution < 1.29 is 8.42 Å². The van der Waals surface area contributed by atoms with Crippen molar-refractivity contribution in [2.75, 3.05) is 11.0 Å². The molecule has 0 aliphatic heterocycles. The number of sulfonamides is 1. The summed E-state index contributed by atoms with van der Waals surface area (Å²) in [5.74, 6) is 0.397. The first-order valence-electron chi connectivity index (χ1n) is 5.73. The molecule has 2 aromatic rings. The van der Waals surface area contributed by atoms with E-state index in [0.717, 1.165) is 17.2 Å². The Morgan fingerprint density at radius 1 is 1.28 bits per heavy atom. The Bertz CT molecular complexity index is 678. The van der Waals surface area contributed by atoms with Gasteiger partial charge in [-0.25, -0.2) is 8.42 Å². The average molecular weight is 264 g/mol. The van der Waals surface area contributed by atoms with Crippen LogP contribution in [0.25, 0.3) is 10.9 Å². The molecule has 1 aromatic carbocycles. The number of hydrogen-bond acceptors (Lipinski definition) is 3. The topological polar surface area (TPSA) is 59.1 Å². The molecule has 0 spiro atoms. The second-order valence-electron chi connectivity index (χ2n) is 4.67. The molecule has 1 heterocycles. The predicted molar refractivity (Wildman–Crippen MR) is 74.3 cm³/mol. The van der Waals surface area contributed by atoms with Gasteiger partial charge in [-0.05, 0) is 23.6 Å². The Morgan fingerprint density at radius 3 is 2.61 bits per heavy atom. The van der Waals surface area contributed by atoms with E-state index in [1.165, 1.54) is 0 Å². The third-order valence-electron chi connectivity index (χ3n) is 2.69. The number of rotatable bonds is 3. The first-order valence-corrected chi connectivity index (χ1v) is 7.62. The van der Waals surface area contributed by atoms with Gasteiger partial charge in [0.15, 0.2) is 0 Å². The van der Waals surface area contributed by atoms with Crippen molar-refractivity contribution in [3.8, 4) is 0 Å². The Morgan fingerprint density at radius 2 is 2.00 bits per heavy atom. The molecule has 0 radical (unpaired) electrons. The van der Waals surface area contributed by atoms with Gasteiger partial charge in [0, 0.05) is 11.6 Å². The van der Waals surface area contributed by atoms with E-state index in [-0.39, 0.29) is 0 Å². The maximum atomic E-state index is 11.3. The first-order chi connectivity index (χ1) is 8.37. The van der Waals surface area contributed by atoms with Gasteiger partial charge in [-0.1, -0.05) is 26.0 Å². The summed E-state index contributed by atoms with van der Waals surface area (Å²) < 4.78 is 25.0. The second-order valence-corrected chi connectivity index (χ2v) is 6.42. The van der Waals surface area contributed by atoms with Gasteiger partial charge in [0.1, 0.15) is 0 Å². The molecule has 0 atom stereocenters. The van der Waals surface area contributed by atoms with Gasteiger partial charge in [-0.2, -0.15) is 0 Å². The minimum absolute atomic E-state index is 0.397. The zero-order chi connectivity index (χ0) is 13.3. The lowest BCUT2D eigenvalue weighted by Gasteiger charge is -2.10. The number of fused-ring (bicyclic) bond motifs is 1. The summed E-state index contributed by atoms with van der Waals surface area (Å²) in [5, 5.41) is 0.940. The van der Waals surface area contributed by atoms with Crippen molar-refractivity contribution in [1.82, 2.24) is 4.98 Å². The van der Waals surface area contributed by atoms with Crippen molar-refractivity contribution in [2.45, 2.75) is 19.8 Å². The monoisotopic (exact) mass is 264 g/mol. The van der Waals surface area contributed by atoms with Crippen LogP contribution in [0, 0.1) is 0 Å². The summed E-state index contributed by atoms with van der Waals surface area (Å²) in [6, 6.07) is 7.51. The molecule has 1 N–H and O–H groups in total. The molecular formula is C13H16N2O2S. The number of aromatic nitrogens is 1. The number of anilines is 1. The number of hydrogen-bond donors (Lipinski definition) is 1. The zero-order valence-electron chi connectivity index (χ0n) is 10.6. The molecule has 96 valence electrons. The van der Waals surface area contributed by atoms with E-state index in [4.69, 9.17) is 0 Å². The lowest BCUT2D eigenvalue weighted by molar-refractivity contribution is 0.607. The first kappa shape index (κ1) is 12.8. The van der Waals surface area contributed by atoms with Crippen LogP contribution in [0.1, 0.15) is 25.3 Å². The Balaban J connectivity index is 2.57. The molecular weight excluding hydrogens is 248 g/mol. The summed E-state index contributed by atoms with van der Waals surface area (Å²) in [5.41, 5.74) is 2.33. The Hall–Kier alpha value is -1.62. The van der Waals surface area contributed by atoms with Crippen molar-refractivity contribution in [3.63, 3.8) is 0 Å². The fourth-order valence-corrected chi connectivity index (χ4v) is 2.34. The molecule has 0 aliphatic rings. The van der Waals surface area contributed by atoms with E-state index in [1.807, 2.05) is 18.2 Å². The fraction of sp³-hybridized carbons (Fsp3) is 0.308. The van der Waals surface area contributed by atoms with Gasteiger partial charge in [0.05, 0.1) is 17.5 Å². The number of benzene rings is 1. The van der Waals surface area contributed by atoms with Gasteiger partial charge in [0.2, 0.25) is 10.0 Å². The third kappa shape index (κ3) is 2.79. The van der Waals surface area contributed by atoms with E-state index < -0.39 is 10.0 Å². The van der Waals surface area contributed by atoms with E-state index in [9.17, 15) is 8.42 Å². The lowest BCUT2D eigenvalue weighted by atomic mass is 10.0. The highest BCUT2D eigenvalue weighted by Crippen LogP contribution is 2.25. The van der Waals surface area contributed by atoms with E-state index >= 15 is 0 Å². The highest BCUT2D eigenvalue weighted by atomic mass is 32.2. The van der Waals surface area contributed by atoms with Crippen LogP contribution >= 0.6 is 0 Å². The number of nitrogens with one attached hydrogen (secondary N) is 1. The van der Waals surface area contributed by atoms with Crippen LogP contribution in [0.3, 0.4) is 0 Å². The van der Waals surface area contributed by atoms with Crippen LogP contribution in [0.5, 0.6) is 0 Å². The normalized spacial score (nSPS) is 12.0. The summed E-state index contributed by atoms with van der Waals surface area (Å²) in [6.07, 6.45) is 2.93. The summed E-state index contributed by atoms with van der Waals surface area (Å²) >= 11 is 0. The van der Waals surface area contributed by atoms with Crippen LogP contribution in [0.4, 0.5) is 5.69 Å². The van der Waals surface area contributed by atoms with Crippen molar-refractivity contribution in [2.24, 2.45) is 0 Å². The average Bonchev–Trinajstić information content (AvgIpc) is 2.26. The molecule has 0 unspecified atom stereocenters. The number of nitrogens with zero attached hydrogens (tertiary/aromatic N) is 1. The molecule has 2 rings (SSSR count). The highest BCUT2D eigenvalue weighted by Gasteiger charge is 2.08. The molecule has 1 aromatic heterocycles. The summed E-state index contributed by atoms with van der Waals surface area (Å²) in [7, 11) is -3.29. The molecule has 0 aliphatic carbocycles. The lowest BCUT2D eigenvalue weighted by Crippen LogP contribution is -2.10. The molecule has 0 saturated carbocycles. The van der Waals surface area contributed by atoms with E-state index in [2.05, 4.69) is 23.6 Å². The van der Waals surface area contributed by atoms with E-state index in [0.29, 0.717) is 17.1 Å². The molecule has 5 heteroatoms. The number of para-hydroxylation sites is 1. The third-order valence-corrected chi connectivity index (χ3v) is 3.28. The van der Waals surface area contributed by atoms with Gasteiger partial charge < -0.3 is 0 Å². The molecule has 0 fully saturated rings. The smallest absolute Gasteiger partial charge is 0.229 e. The van der Waals surface area contributed by atoms with Crippen LogP contribution in [0.2, 0.25) is 0 Å². The molecule has 18 heavy (non-hydrogen) atoms. The van der Waals surface area contributed by atoms with Gasteiger partial charge in [-0.15, -0.1) is 0 Å². The van der Waals surface area contributed by atoms with E-state index in [1.54, 1.807) is 12.3 Å². The molecule has 0 saturated heterocycles. The van der Waals surface area contributed by atoms with Gasteiger partial charge in [-0.3, -0.25) is 9.71 Å². The maximum Gasteiger partial charge on any atom is 0.229 e. The van der Waals surface area contributed by atoms with Crippen LogP contribution < -0.4 is 4.72 Å². The van der Waals surface area contributed by atoms with Crippen molar-refractivity contribution >= 4 is 26.6 Å². The minimum Gasteiger partial charge on any atom is -0.282 e. The van der Waals surface area contributed by atoms with Crippen LogP contribution in [-0.2, 0) is 10.0 Å². The van der Waals surface area contributed by atoms with Gasteiger partial charge in [0.25, 0.3) is 0 Å². The fourth-order valence-electron chi connectivity index (χ4n) is 1.78. The largest absolute Gasteiger partial charge is 0.282 e. The standard InChI is InChI=1S/C13H16N2O2S/c1-9(2)11-7-10-5-4-6-12(13(10)14-8-11)15-18(3,16)17/h4-9,15H,1-3H3. The van der Waals surface area contributed by atoms with Crippen molar-refractivity contribution in [1.29, 1.82) is 0 Å². The predicted octanol–water partition coefficient (Wildman–Crippen LogP) is 2.73. The molecule has 0 amide bonds. The Kier molecular flexibility index (Phi) is 3.26. The highest BCUT2D eigenvalue weighted by molar-refractivity contribution is 7.92.